The molecule has 21 heavy (non-hydrogen) atoms. The Morgan fingerprint density at radius 2 is 1.71 bits per heavy atom. The van der Waals surface area contributed by atoms with Crippen molar-refractivity contribution >= 4 is 11.7 Å². The molecule has 0 saturated heterocycles. The van der Waals surface area contributed by atoms with Gasteiger partial charge in [-0.05, 0) is 57.9 Å². The highest BCUT2D eigenvalue weighted by Gasteiger charge is 2.15. The molecule has 0 fully saturated rings. The summed E-state index contributed by atoms with van der Waals surface area (Å²) >= 11 is 0. The van der Waals surface area contributed by atoms with Gasteiger partial charge in [-0.15, -0.1) is 5.10 Å². The van der Waals surface area contributed by atoms with Crippen LogP contribution in [-0.4, -0.2) is 22.8 Å². The minimum absolute atomic E-state index is 0.0220. The van der Waals surface area contributed by atoms with Crippen LogP contribution in [0.1, 0.15) is 37.8 Å². The van der Waals surface area contributed by atoms with Gasteiger partial charge in [-0.2, -0.15) is 0 Å². The van der Waals surface area contributed by atoms with Gasteiger partial charge in [0.25, 0.3) is 0 Å². The van der Waals surface area contributed by atoms with Crippen LogP contribution in [0.25, 0.3) is 0 Å². The Morgan fingerprint density at radius 3 is 2.29 bits per heavy atom. The van der Waals surface area contributed by atoms with E-state index in [1.165, 1.54) is 11.1 Å². The molecule has 2 rings (SSSR count). The first kappa shape index (κ1) is 15.5. The molecule has 0 bridgehead atoms. The lowest BCUT2D eigenvalue weighted by atomic mass is 10.1. The first-order valence-corrected chi connectivity index (χ1v) is 7.14. The molecule has 0 aliphatic heterocycles. The van der Waals surface area contributed by atoms with Crippen molar-refractivity contribution in [2.45, 2.75) is 46.7 Å². The molecule has 0 aliphatic rings. The van der Waals surface area contributed by atoms with E-state index in [9.17, 15) is 0 Å². The van der Waals surface area contributed by atoms with Crippen LogP contribution in [-0.2, 0) is 6.54 Å². The molecular weight excluding hydrogens is 264 g/mol. The molecule has 1 N–H and O–H groups in total. The predicted molar refractivity (Wildman–Crippen MR) is 84.9 cm³/mol. The van der Waals surface area contributed by atoms with Crippen LogP contribution in [0, 0.1) is 13.8 Å². The first-order valence-electron chi connectivity index (χ1n) is 7.14. The molecule has 5 nitrogen and oxygen atoms in total. The summed E-state index contributed by atoms with van der Waals surface area (Å²) in [5.41, 5.74) is 3.50. The number of anilines is 2. The molecule has 1 heterocycles. The van der Waals surface area contributed by atoms with Crippen LogP contribution < -0.4 is 10.2 Å². The molecule has 0 amide bonds. The average Bonchev–Trinajstić information content (AvgIpc) is 2.82. The summed E-state index contributed by atoms with van der Waals surface area (Å²) in [6.45, 7) is 11.0. The van der Waals surface area contributed by atoms with Gasteiger partial charge in [0.15, 0.2) is 0 Å². The van der Waals surface area contributed by atoms with E-state index in [2.05, 4.69) is 68.3 Å². The highest BCUT2D eigenvalue weighted by Crippen LogP contribution is 2.24. The Balaban J connectivity index is 2.13. The van der Waals surface area contributed by atoms with Gasteiger partial charge in [0.2, 0.25) is 5.89 Å². The summed E-state index contributed by atoms with van der Waals surface area (Å²) in [6.07, 6.45) is 0. The highest BCUT2D eigenvalue weighted by molar-refractivity contribution is 5.57. The maximum atomic E-state index is 5.72. The highest BCUT2D eigenvalue weighted by atomic mass is 16.4. The second-order valence-electron chi connectivity index (χ2n) is 6.49. The number of hydrogen-bond acceptors (Lipinski definition) is 5. The SMILES string of the molecule is Cc1cc(C)cc(N(C)c2nnc(CNC(C)(C)C)o2)c1. The third-order valence-corrected chi connectivity index (χ3v) is 3.11. The molecule has 0 saturated carbocycles. The van der Waals surface area contributed by atoms with Crippen molar-refractivity contribution in [2.75, 3.05) is 11.9 Å². The van der Waals surface area contributed by atoms with Crippen LogP contribution in [0.2, 0.25) is 0 Å². The lowest BCUT2D eigenvalue weighted by Crippen LogP contribution is -2.35. The quantitative estimate of drug-likeness (QED) is 0.935. The third kappa shape index (κ3) is 4.29. The van der Waals surface area contributed by atoms with Gasteiger partial charge in [-0.25, -0.2) is 0 Å². The van der Waals surface area contributed by atoms with Crippen molar-refractivity contribution in [1.82, 2.24) is 15.5 Å². The van der Waals surface area contributed by atoms with Gasteiger partial charge >= 0.3 is 6.01 Å². The van der Waals surface area contributed by atoms with Crippen LogP contribution in [0.4, 0.5) is 11.7 Å². The summed E-state index contributed by atoms with van der Waals surface area (Å²) in [6, 6.07) is 6.85. The van der Waals surface area contributed by atoms with Crippen molar-refractivity contribution < 1.29 is 4.42 Å². The summed E-state index contributed by atoms with van der Waals surface area (Å²) in [5.74, 6) is 0.594. The van der Waals surface area contributed by atoms with E-state index in [0.29, 0.717) is 18.5 Å². The zero-order valence-corrected chi connectivity index (χ0v) is 13.7. The van der Waals surface area contributed by atoms with Gasteiger partial charge in [-0.3, -0.25) is 4.90 Å². The normalized spacial score (nSPS) is 11.7. The van der Waals surface area contributed by atoms with E-state index >= 15 is 0 Å². The van der Waals surface area contributed by atoms with E-state index in [1.54, 1.807) is 0 Å². The van der Waals surface area contributed by atoms with Crippen molar-refractivity contribution in [3.05, 3.63) is 35.2 Å². The number of rotatable bonds is 4. The number of hydrogen-bond donors (Lipinski definition) is 1. The monoisotopic (exact) mass is 288 g/mol. The smallest absolute Gasteiger partial charge is 0.322 e. The first-order chi connectivity index (χ1) is 9.74. The number of nitrogens with zero attached hydrogens (tertiary/aromatic N) is 3. The zero-order chi connectivity index (χ0) is 15.6. The maximum Gasteiger partial charge on any atom is 0.322 e. The Hall–Kier alpha value is -1.88. The Labute approximate surface area is 126 Å². The molecule has 5 heteroatoms. The summed E-state index contributed by atoms with van der Waals surface area (Å²) < 4.78 is 5.72. The predicted octanol–water partition coefficient (Wildman–Crippen LogP) is 3.34. The van der Waals surface area contributed by atoms with Crippen LogP contribution in [0.5, 0.6) is 0 Å². The van der Waals surface area contributed by atoms with E-state index < -0.39 is 0 Å². The number of benzene rings is 1. The molecular formula is C16H24N4O. The van der Waals surface area contributed by atoms with Crippen molar-refractivity contribution in [3.63, 3.8) is 0 Å². The van der Waals surface area contributed by atoms with Crippen LogP contribution in [0.15, 0.2) is 22.6 Å². The van der Waals surface area contributed by atoms with Gasteiger partial charge in [0.1, 0.15) is 0 Å². The van der Waals surface area contributed by atoms with Crippen molar-refractivity contribution in [1.29, 1.82) is 0 Å². The third-order valence-electron chi connectivity index (χ3n) is 3.11. The molecule has 0 aliphatic carbocycles. The second kappa shape index (κ2) is 5.85. The standard InChI is InChI=1S/C16H24N4O/c1-11-7-12(2)9-13(8-11)20(6)15-19-18-14(21-15)10-17-16(3,4)5/h7-9,17H,10H2,1-6H3. The topological polar surface area (TPSA) is 54.2 Å². The zero-order valence-electron chi connectivity index (χ0n) is 13.7. The van der Waals surface area contributed by atoms with Crippen LogP contribution >= 0.6 is 0 Å². The number of nitrogens with one attached hydrogen (secondary N) is 1. The van der Waals surface area contributed by atoms with Crippen LogP contribution in [0.3, 0.4) is 0 Å². The molecule has 114 valence electrons. The fraction of sp³-hybridized carbons (Fsp3) is 0.500. The van der Waals surface area contributed by atoms with E-state index in [1.807, 2.05) is 11.9 Å². The summed E-state index contributed by atoms with van der Waals surface area (Å²) in [7, 11) is 1.93. The van der Waals surface area contributed by atoms with E-state index in [4.69, 9.17) is 4.42 Å². The van der Waals surface area contributed by atoms with Gasteiger partial charge < -0.3 is 9.73 Å². The van der Waals surface area contributed by atoms with Crippen molar-refractivity contribution in [2.24, 2.45) is 0 Å². The van der Waals surface area contributed by atoms with Gasteiger partial charge in [0, 0.05) is 18.3 Å². The minimum atomic E-state index is 0.0220. The number of aryl methyl sites for hydroxylation is 2. The molecule has 0 atom stereocenters. The second-order valence-corrected chi connectivity index (χ2v) is 6.49. The fourth-order valence-corrected chi connectivity index (χ4v) is 2.05. The maximum absolute atomic E-state index is 5.72. The largest absolute Gasteiger partial charge is 0.406 e. The van der Waals surface area contributed by atoms with Crippen molar-refractivity contribution in [3.8, 4) is 0 Å². The lowest BCUT2D eigenvalue weighted by Gasteiger charge is -2.19. The Morgan fingerprint density at radius 1 is 1.10 bits per heavy atom. The van der Waals surface area contributed by atoms with Gasteiger partial charge in [-0.1, -0.05) is 11.2 Å². The average molecular weight is 288 g/mol. The van der Waals surface area contributed by atoms with E-state index in [-0.39, 0.29) is 5.54 Å². The number of aromatic nitrogens is 2. The summed E-state index contributed by atoms with van der Waals surface area (Å²) in [4.78, 5) is 1.91. The summed E-state index contributed by atoms with van der Waals surface area (Å²) in [5, 5.41) is 11.5. The Bertz CT molecular complexity index is 593. The molecule has 0 unspecified atom stereocenters. The lowest BCUT2D eigenvalue weighted by molar-refractivity contribution is 0.382. The van der Waals surface area contributed by atoms with Gasteiger partial charge in [0.05, 0.1) is 6.54 Å². The fourth-order valence-electron chi connectivity index (χ4n) is 2.05. The Kier molecular flexibility index (Phi) is 4.32. The molecule has 0 spiro atoms. The van der Waals surface area contributed by atoms with E-state index in [0.717, 1.165) is 5.69 Å². The molecule has 0 radical (unpaired) electrons. The molecule has 2 aromatic rings. The molecule has 1 aromatic heterocycles. The minimum Gasteiger partial charge on any atom is -0.406 e. The molecule has 1 aromatic carbocycles.